The number of methoxy groups -OCH3 is 2. The van der Waals surface area contributed by atoms with Crippen LogP contribution in [-0.2, 0) is 0 Å². The second-order valence-corrected chi connectivity index (χ2v) is 6.73. The molecule has 0 saturated carbocycles. The molecule has 1 N–H and O–H groups in total. The summed E-state index contributed by atoms with van der Waals surface area (Å²) in [6, 6.07) is 13.9. The smallest absolute Gasteiger partial charge is 0.173 e. The third kappa shape index (κ3) is 3.99. The summed E-state index contributed by atoms with van der Waals surface area (Å²) in [5.41, 5.74) is 2.07. The quantitative estimate of drug-likeness (QED) is 0.768. The Morgan fingerprint density at radius 3 is 2.68 bits per heavy atom. The molecule has 0 bridgehead atoms. The fraction of sp³-hybridized carbons (Fsp3) is 0.316. The number of rotatable bonds is 4. The van der Waals surface area contributed by atoms with Crippen molar-refractivity contribution in [2.75, 3.05) is 26.1 Å². The standard InChI is InChI=1S/C19H21ClN2O2S/c1-23-17-9-8-13(11-18(17)24-2)16-7-4-10-22(16)19(25)21-15-6-3-5-14(20)12-15/h3,5-6,8-9,11-12,16H,4,7,10H2,1-2H3,(H,21,25)/t16-/m0/s1. The number of hydrogen-bond acceptors (Lipinski definition) is 3. The van der Waals surface area contributed by atoms with E-state index in [1.807, 2.05) is 36.4 Å². The summed E-state index contributed by atoms with van der Waals surface area (Å²) in [6.07, 6.45) is 2.14. The first-order chi connectivity index (χ1) is 12.1. The highest BCUT2D eigenvalue weighted by Crippen LogP contribution is 2.37. The average Bonchev–Trinajstić information content (AvgIpc) is 3.11. The molecule has 0 spiro atoms. The Balaban J connectivity index is 1.79. The van der Waals surface area contributed by atoms with Crippen molar-refractivity contribution in [1.29, 1.82) is 0 Å². The maximum Gasteiger partial charge on any atom is 0.173 e. The van der Waals surface area contributed by atoms with Gasteiger partial charge in [-0.1, -0.05) is 23.7 Å². The molecular weight excluding hydrogens is 356 g/mol. The van der Waals surface area contributed by atoms with E-state index in [1.165, 1.54) is 5.56 Å². The van der Waals surface area contributed by atoms with Crippen LogP contribution in [-0.4, -0.2) is 30.8 Å². The summed E-state index contributed by atoms with van der Waals surface area (Å²) in [5, 5.41) is 4.69. The molecule has 1 atom stereocenters. The van der Waals surface area contributed by atoms with Gasteiger partial charge in [0.05, 0.1) is 20.3 Å². The van der Waals surface area contributed by atoms with E-state index >= 15 is 0 Å². The van der Waals surface area contributed by atoms with Gasteiger partial charge in [-0.05, 0) is 61.0 Å². The number of ether oxygens (including phenoxy) is 2. The molecule has 2 aromatic rings. The molecule has 25 heavy (non-hydrogen) atoms. The molecule has 0 radical (unpaired) electrons. The molecule has 1 aliphatic heterocycles. The number of anilines is 1. The lowest BCUT2D eigenvalue weighted by atomic mass is 10.0. The zero-order chi connectivity index (χ0) is 17.8. The minimum absolute atomic E-state index is 0.221. The Morgan fingerprint density at radius 2 is 1.96 bits per heavy atom. The Morgan fingerprint density at radius 1 is 1.16 bits per heavy atom. The van der Waals surface area contributed by atoms with Crippen LogP contribution in [0.5, 0.6) is 11.5 Å². The zero-order valence-electron chi connectivity index (χ0n) is 14.3. The Labute approximate surface area is 158 Å². The number of likely N-dealkylation sites (tertiary alicyclic amines) is 1. The first-order valence-corrected chi connectivity index (χ1v) is 8.96. The second-order valence-electron chi connectivity index (χ2n) is 5.91. The maximum absolute atomic E-state index is 6.05. The van der Waals surface area contributed by atoms with Crippen molar-refractivity contribution in [3.05, 3.63) is 53.1 Å². The molecule has 0 amide bonds. The van der Waals surface area contributed by atoms with Crippen molar-refractivity contribution < 1.29 is 9.47 Å². The summed E-state index contributed by atoms with van der Waals surface area (Å²) < 4.78 is 10.8. The molecule has 0 aliphatic carbocycles. The van der Waals surface area contributed by atoms with Crippen molar-refractivity contribution in [2.24, 2.45) is 0 Å². The molecule has 132 valence electrons. The molecule has 0 aromatic heterocycles. The predicted octanol–water partition coefficient (Wildman–Crippen LogP) is 4.89. The third-order valence-electron chi connectivity index (χ3n) is 4.38. The highest BCUT2D eigenvalue weighted by atomic mass is 35.5. The van der Waals surface area contributed by atoms with Gasteiger partial charge in [0.15, 0.2) is 16.6 Å². The van der Waals surface area contributed by atoms with Crippen LogP contribution in [0.2, 0.25) is 5.02 Å². The van der Waals surface area contributed by atoms with E-state index in [0.29, 0.717) is 10.1 Å². The SMILES string of the molecule is COc1ccc([C@@H]2CCCN2C(=S)Nc2cccc(Cl)c2)cc1OC. The van der Waals surface area contributed by atoms with Crippen LogP contribution in [0.1, 0.15) is 24.4 Å². The van der Waals surface area contributed by atoms with Gasteiger partial charge in [-0.15, -0.1) is 0 Å². The fourth-order valence-electron chi connectivity index (χ4n) is 3.18. The van der Waals surface area contributed by atoms with Crippen LogP contribution in [0, 0.1) is 0 Å². The number of nitrogens with one attached hydrogen (secondary N) is 1. The van der Waals surface area contributed by atoms with Gasteiger partial charge >= 0.3 is 0 Å². The van der Waals surface area contributed by atoms with Crippen LogP contribution in [0.3, 0.4) is 0 Å². The molecule has 1 aliphatic rings. The molecular formula is C19H21ClN2O2S. The van der Waals surface area contributed by atoms with Gasteiger partial charge in [0.1, 0.15) is 0 Å². The summed E-state index contributed by atoms with van der Waals surface area (Å²) in [4.78, 5) is 2.22. The Kier molecular flexibility index (Phi) is 5.66. The van der Waals surface area contributed by atoms with E-state index < -0.39 is 0 Å². The van der Waals surface area contributed by atoms with Gasteiger partial charge in [0.25, 0.3) is 0 Å². The van der Waals surface area contributed by atoms with Crippen molar-refractivity contribution in [3.8, 4) is 11.5 Å². The van der Waals surface area contributed by atoms with E-state index in [9.17, 15) is 0 Å². The number of benzene rings is 2. The lowest BCUT2D eigenvalue weighted by molar-refractivity contribution is 0.351. The van der Waals surface area contributed by atoms with Crippen molar-refractivity contribution in [2.45, 2.75) is 18.9 Å². The van der Waals surface area contributed by atoms with Gasteiger partial charge in [0.2, 0.25) is 0 Å². The average molecular weight is 377 g/mol. The third-order valence-corrected chi connectivity index (χ3v) is 4.95. The van der Waals surface area contributed by atoms with Gasteiger partial charge in [-0.3, -0.25) is 0 Å². The molecule has 2 aromatic carbocycles. The number of nitrogens with zero attached hydrogens (tertiary/aromatic N) is 1. The maximum atomic E-state index is 6.05. The summed E-state index contributed by atoms with van der Waals surface area (Å²) in [7, 11) is 3.29. The van der Waals surface area contributed by atoms with Gasteiger partial charge < -0.3 is 19.7 Å². The minimum Gasteiger partial charge on any atom is -0.493 e. The molecule has 3 rings (SSSR count). The van der Waals surface area contributed by atoms with Crippen LogP contribution >= 0.6 is 23.8 Å². The number of halogens is 1. The molecule has 1 fully saturated rings. The summed E-state index contributed by atoms with van der Waals surface area (Å²) >= 11 is 11.7. The largest absolute Gasteiger partial charge is 0.493 e. The first-order valence-electron chi connectivity index (χ1n) is 8.17. The molecule has 4 nitrogen and oxygen atoms in total. The fourth-order valence-corrected chi connectivity index (χ4v) is 3.70. The van der Waals surface area contributed by atoms with Crippen LogP contribution in [0.25, 0.3) is 0 Å². The monoisotopic (exact) mass is 376 g/mol. The van der Waals surface area contributed by atoms with E-state index in [0.717, 1.165) is 36.6 Å². The zero-order valence-corrected chi connectivity index (χ0v) is 15.9. The highest BCUT2D eigenvalue weighted by molar-refractivity contribution is 7.80. The van der Waals surface area contributed by atoms with Crippen LogP contribution in [0.15, 0.2) is 42.5 Å². The van der Waals surface area contributed by atoms with Crippen molar-refractivity contribution >= 4 is 34.6 Å². The Bertz CT molecular complexity index is 769. The summed E-state index contributed by atoms with van der Waals surface area (Å²) in [6.45, 7) is 0.922. The van der Waals surface area contributed by atoms with E-state index in [1.54, 1.807) is 14.2 Å². The van der Waals surface area contributed by atoms with E-state index in [-0.39, 0.29) is 6.04 Å². The predicted molar refractivity (Wildman–Crippen MR) is 106 cm³/mol. The number of hydrogen-bond donors (Lipinski definition) is 1. The molecule has 1 heterocycles. The second kappa shape index (κ2) is 7.93. The summed E-state index contributed by atoms with van der Waals surface area (Å²) in [5.74, 6) is 1.47. The molecule has 6 heteroatoms. The molecule has 0 unspecified atom stereocenters. The first kappa shape index (κ1) is 17.8. The van der Waals surface area contributed by atoms with Crippen molar-refractivity contribution in [3.63, 3.8) is 0 Å². The van der Waals surface area contributed by atoms with Gasteiger partial charge in [0, 0.05) is 17.3 Å². The minimum atomic E-state index is 0.221. The van der Waals surface area contributed by atoms with Gasteiger partial charge in [-0.2, -0.15) is 0 Å². The Hall–Kier alpha value is -1.98. The lowest BCUT2D eigenvalue weighted by Crippen LogP contribution is -2.34. The van der Waals surface area contributed by atoms with Crippen LogP contribution in [0.4, 0.5) is 5.69 Å². The topological polar surface area (TPSA) is 33.7 Å². The normalized spacial score (nSPS) is 16.6. The lowest BCUT2D eigenvalue weighted by Gasteiger charge is -2.28. The van der Waals surface area contributed by atoms with E-state index in [2.05, 4.69) is 16.3 Å². The highest BCUT2D eigenvalue weighted by Gasteiger charge is 2.28. The van der Waals surface area contributed by atoms with Gasteiger partial charge in [-0.25, -0.2) is 0 Å². The van der Waals surface area contributed by atoms with Crippen molar-refractivity contribution in [1.82, 2.24) is 4.90 Å². The molecule has 1 saturated heterocycles. The van der Waals surface area contributed by atoms with E-state index in [4.69, 9.17) is 33.3 Å². The van der Waals surface area contributed by atoms with Crippen LogP contribution < -0.4 is 14.8 Å². The number of thiocarbonyl (C=S) groups is 1.